The van der Waals surface area contributed by atoms with Gasteiger partial charge in [0.15, 0.2) is 5.65 Å². The molecule has 2 aromatic heterocycles. The molecule has 3 heterocycles. The SMILES string of the molecule is Cc1ccc(-n2ncc3c(=O)n(CC4(O)CCNCC4)cnc32)cc1. The molecule has 3 aromatic rings. The van der Waals surface area contributed by atoms with E-state index in [0.29, 0.717) is 23.9 Å². The predicted molar refractivity (Wildman–Crippen MR) is 94.9 cm³/mol. The molecule has 0 saturated carbocycles. The van der Waals surface area contributed by atoms with Crippen molar-refractivity contribution in [2.45, 2.75) is 31.9 Å². The average molecular weight is 339 g/mol. The van der Waals surface area contributed by atoms with Gasteiger partial charge in [0, 0.05) is 0 Å². The summed E-state index contributed by atoms with van der Waals surface area (Å²) in [6, 6.07) is 7.90. The first-order chi connectivity index (χ1) is 12.1. The molecular weight excluding hydrogens is 318 g/mol. The van der Waals surface area contributed by atoms with Crippen molar-refractivity contribution in [1.82, 2.24) is 24.6 Å². The molecule has 0 atom stereocenters. The zero-order valence-corrected chi connectivity index (χ0v) is 14.1. The summed E-state index contributed by atoms with van der Waals surface area (Å²) in [6.07, 6.45) is 4.31. The van der Waals surface area contributed by atoms with E-state index in [0.717, 1.165) is 24.3 Å². The minimum absolute atomic E-state index is 0.171. The van der Waals surface area contributed by atoms with E-state index >= 15 is 0 Å². The van der Waals surface area contributed by atoms with Crippen molar-refractivity contribution >= 4 is 11.0 Å². The summed E-state index contributed by atoms with van der Waals surface area (Å²) < 4.78 is 3.16. The van der Waals surface area contributed by atoms with Gasteiger partial charge in [0.25, 0.3) is 5.56 Å². The van der Waals surface area contributed by atoms with Gasteiger partial charge >= 0.3 is 0 Å². The maximum atomic E-state index is 12.8. The van der Waals surface area contributed by atoms with Crippen molar-refractivity contribution in [3.8, 4) is 5.69 Å². The summed E-state index contributed by atoms with van der Waals surface area (Å²) in [6.45, 7) is 3.79. The highest BCUT2D eigenvalue weighted by Crippen LogP contribution is 2.20. The molecule has 130 valence electrons. The van der Waals surface area contributed by atoms with E-state index in [1.165, 1.54) is 10.9 Å². The van der Waals surface area contributed by atoms with Crippen LogP contribution in [0.15, 0.2) is 41.6 Å². The Morgan fingerprint density at radius 1 is 1.24 bits per heavy atom. The normalized spacial score (nSPS) is 17.0. The zero-order chi connectivity index (χ0) is 17.4. The van der Waals surface area contributed by atoms with Crippen LogP contribution in [0.4, 0.5) is 0 Å². The van der Waals surface area contributed by atoms with Crippen molar-refractivity contribution in [2.75, 3.05) is 13.1 Å². The van der Waals surface area contributed by atoms with Crippen LogP contribution >= 0.6 is 0 Å². The highest BCUT2D eigenvalue weighted by Gasteiger charge is 2.30. The summed E-state index contributed by atoms with van der Waals surface area (Å²) in [4.78, 5) is 17.2. The third-order valence-corrected chi connectivity index (χ3v) is 4.83. The fraction of sp³-hybridized carbons (Fsp3) is 0.389. The van der Waals surface area contributed by atoms with Crippen LogP contribution in [0.25, 0.3) is 16.7 Å². The Bertz CT molecular complexity index is 952. The molecule has 0 amide bonds. The van der Waals surface area contributed by atoms with Crippen molar-refractivity contribution in [3.63, 3.8) is 0 Å². The number of rotatable bonds is 3. The lowest BCUT2D eigenvalue weighted by atomic mass is 9.92. The van der Waals surface area contributed by atoms with Gasteiger partial charge in [0.05, 0.1) is 24.0 Å². The van der Waals surface area contributed by atoms with Crippen LogP contribution < -0.4 is 10.9 Å². The lowest BCUT2D eigenvalue weighted by Crippen LogP contribution is -2.46. The van der Waals surface area contributed by atoms with E-state index in [4.69, 9.17) is 0 Å². The largest absolute Gasteiger partial charge is 0.388 e. The Morgan fingerprint density at radius 3 is 2.68 bits per heavy atom. The lowest BCUT2D eigenvalue weighted by molar-refractivity contribution is -0.00627. The van der Waals surface area contributed by atoms with Gasteiger partial charge < -0.3 is 10.4 Å². The molecule has 0 unspecified atom stereocenters. The van der Waals surface area contributed by atoms with Crippen molar-refractivity contribution in [2.24, 2.45) is 0 Å². The van der Waals surface area contributed by atoms with Crippen LogP contribution in [0.2, 0.25) is 0 Å². The van der Waals surface area contributed by atoms with Gasteiger partial charge in [-0.05, 0) is 45.0 Å². The molecule has 0 aliphatic carbocycles. The highest BCUT2D eigenvalue weighted by molar-refractivity contribution is 5.74. The number of benzene rings is 1. The molecule has 7 nitrogen and oxygen atoms in total. The monoisotopic (exact) mass is 339 g/mol. The second-order valence-corrected chi connectivity index (χ2v) is 6.78. The summed E-state index contributed by atoms with van der Waals surface area (Å²) in [5.41, 5.74) is 1.52. The van der Waals surface area contributed by atoms with E-state index in [-0.39, 0.29) is 12.1 Å². The van der Waals surface area contributed by atoms with E-state index in [2.05, 4.69) is 15.4 Å². The molecule has 4 rings (SSSR count). The first-order valence-corrected chi connectivity index (χ1v) is 8.49. The van der Waals surface area contributed by atoms with E-state index in [9.17, 15) is 9.90 Å². The van der Waals surface area contributed by atoms with E-state index in [1.807, 2.05) is 31.2 Å². The van der Waals surface area contributed by atoms with Crippen LogP contribution in [0, 0.1) is 6.92 Å². The summed E-state index contributed by atoms with van der Waals surface area (Å²) in [5.74, 6) is 0. The van der Waals surface area contributed by atoms with E-state index < -0.39 is 5.60 Å². The quantitative estimate of drug-likeness (QED) is 0.744. The number of nitrogens with zero attached hydrogens (tertiary/aromatic N) is 4. The van der Waals surface area contributed by atoms with Crippen LogP contribution in [0.3, 0.4) is 0 Å². The number of nitrogens with one attached hydrogen (secondary N) is 1. The highest BCUT2D eigenvalue weighted by atomic mass is 16.3. The maximum Gasteiger partial charge on any atom is 0.264 e. The van der Waals surface area contributed by atoms with Gasteiger partial charge in [-0.25, -0.2) is 9.67 Å². The van der Waals surface area contributed by atoms with Crippen LogP contribution in [0.1, 0.15) is 18.4 Å². The van der Waals surface area contributed by atoms with Gasteiger partial charge in [-0.1, -0.05) is 17.7 Å². The number of hydrogen-bond acceptors (Lipinski definition) is 5. The molecule has 0 radical (unpaired) electrons. The van der Waals surface area contributed by atoms with Crippen molar-refractivity contribution < 1.29 is 5.11 Å². The summed E-state index contributed by atoms with van der Waals surface area (Å²) in [7, 11) is 0. The third kappa shape index (κ3) is 2.96. The number of aryl methyl sites for hydroxylation is 1. The number of aromatic nitrogens is 4. The fourth-order valence-electron chi connectivity index (χ4n) is 3.30. The first-order valence-electron chi connectivity index (χ1n) is 8.49. The smallest absolute Gasteiger partial charge is 0.264 e. The topological polar surface area (TPSA) is 85.0 Å². The molecule has 1 aromatic carbocycles. The molecule has 0 spiro atoms. The number of aliphatic hydroxyl groups is 1. The van der Waals surface area contributed by atoms with Gasteiger partial charge in [-0.15, -0.1) is 0 Å². The minimum atomic E-state index is -0.864. The van der Waals surface area contributed by atoms with Gasteiger partial charge in [0.2, 0.25) is 0 Å². The van der Waals surface area contributed by atoms with Crippen LogP contribution in [-0.2, 0) is 6.54 Å². The third-order valence-electron chi connectivity index (χ3n) is 4.83. The number of hydrogen-bond donors (Lipinski definition) is 2. The molecular formula is C18H21N5O2. The Kier molecular flexibility index (Phi) is 3.89. The second kappa shape index (κ2) is 6.09. The van der Waals surface area contributed by atoms with Gasteiger partial charge in [-0.2, -0.15) is 5.10 Å². The standard InChI is InChI=1S/C18H21N5O2/c1-13-2-4-14(5-3-13)23-16-15(10-21-23)17(24)22(12-20-16)11-18(25)6-8-19-9-7-18/h2-5,10,12,19,25H,6-9,11H2,1H3. The molecule has 25 heavy (non-hydrogen) atoms. The Labute approximate surface area is 144 Å². The molecule has 1 aliphatic rings. The molecule has 7 heteroatoms. The zero-order valence-electron chi connectivity index (χ0n) is 14.1. The molecule has 2 N–H and O–H groups in total. The fourth-order valence-corrected chi connectivity index (χ4v) is 3.30. The first kappa shape index (κ1) is 16.0. The summed E-state index contributed by atoms with van der Waals surface area (Å²) in [5, 5.41) is 18.7. The summed E-state index contributed by atoms with van der Waals surface area (Å²) >= 11 is 0. The Morgan fingerprint density at radius 2 is 1.96 bits per heavy atom. The van der Waals surface area contributed by atoms with Crippen LogP contribution in [-0.4, -0.2) is 43.1 Å². The predicted octanol–water partition coefficient (Wildman–Crippen LogP) is 1.01. The lowest BCUT2D eigenvalue weighted by Gasteiger charge is -2.32. The second-order valence-electron chi connectivity index (χ2n) is 6.78. The molecule has 1 aliphatic heterocycles. The Balaban J connectivity index is 1.72. The number of fused-ring (bicyclic) bond motifs is 1. The Hall–Kier alpha value is -2.51. The molecule has 1 saturated heterocycles. The maximum absolute atomic E-state index is 12.8. The van der Waals surface area contributed by atoms with Crippen molar-refractivity contribution in [1.29, 1.82) is 0 Å². The van der Waals surface area contributed by atoms with E-state index in [1.54, 1.807) is 10.9 Å². The molecule has 1 fully saturated rings. The van der Waals surface area contributed by atoms with Gasteiger partial charge in [0.1, 0.15) is 11.7 Å². The number of piperidine rings is 1. The average Bonchev–Trinajstić information content (AvgIpc) is 3.03. The molecule has 0 bridgehead atoms. The van der Waals surface area contributed by atoms with Gasteiger partial charge in [-0.3, -0.25) is 9.36 Å². The minimum Gasteiger partial charge on any atom is -0.388 e. The van der Waals surface area contributed by atoms with Crippen LogP contribution in [0.5, 0.6) is 0 Å². The van der Waals surface area contributed by atoms with Crippen molar-refractivity contribution in [3.05, 3.63) is 52.7 Å².